The van der Waals surface area contributed by atoms with E-state index in [-0.39, 0.29) is 11.8 Å². The van der Waals surface area contributed by atoms with Crippen molar-refractivity contribution >= 4 is 11.8 Å². The van der Waals surface area contributed by atoms with Crippen molar-refractivity contribution in [1.29, 1.82) is 0 Å². The van der Waals surface area contributed by atoms with Crippen LogP contribution in [-0.2, 0) is 6.42 Å². The molecular weight excluding hydrogens is 256 g/mol. The van der Waals surface area contributed by atoms with Gasteiger partial charge in [0.25, 0.3) is 11.8 Å². The Kier molecular flexibility index (Phi) is 3.06. The minimum atomic E-state index is -0.206. The van der Waals surface area contributed by atoms with Crippen LogP contribution in [0.2, 0.25) is 0 Å². The molecule has 0 spiro atoms. The maximum atomic E-state index is 12.2. The van der Waals surface area contributed by atoms with E-state index in [0.29, 0.717) is 30.5 Å². The Bertz CT molecular complexity index is 664. The number of aryl methyl sites for hydroxylation is 2. The highest BCUT2D eigenvalue weighted by atomic mass is 16.2. The maximum absolute atomic E-state index is 12.2. The molecule has 6 nitrogen and oxygen atoms in total. The standard InChI is InChI=1S/C14H14N4O2/c1-9-4-5-10-11(7-9)14(20)18(13(10)19)6-2-3-12-15-8-16-17-12/h4-5,7-8H,2-3,6H2,1H3,(H,15,16,17). The summed E-state index contributed by atoms with van der Waals surface area (Å²) in [6.45, 7) is 2.30. The summed E-state index contributed by atoms with van der Waals surface area (Å²) in [5, 5.41) is 6.52. The summed E-state index contributed by atoms with van der Waals surface area (Å²) in [6, 6.07) is 5.34. The Balaban J connectivity index is 1.70. The topological polar surface area (TPSA) is 79.0 Å². The number of carbonyl (C=O) groups is 2. The van der Waals surface area contributed by atoms with Crippen molar-refractivity contribution in [3.05, 3.63) is 47.0 Å². The van der Waals surface area contributed by atoms with Crippen LogP contribution >= 0.6 is 0 Å². The number of aromatic nitrogens is 3. The van der Waals surface area contributed by atoms with Crippen LogP contribution in [0.1, 0.15) is 38.5 Å². The van der Waals surface area contributed by atoms with E-state index in [0.717, 1.165) is 11.4 Å². The minimum absolute atomic E-state index is 0.203. The molecule has 1 aromatic heterocycles. The second kappa shape index (κ2) is 4.88. The van der Waals surface area contributed by atoms with Crippen LogP contribution in [0.15, 0.2) is 24.5 Å². The summed E-state index contributed by atoms with van der Waals surface area (Å²) in [5.74, 6) is 0.353. The highest BCUT2D eigenvalue weighted by Gasteiger charge is 2.34. The van der Waals surface area contributed by atoms with Crippen molar-refractivity contribution in [1.82, 2.24) is 20.1 Å². The lowest BCUT2D eigenvalue weighted by molar-refractivity contribution is 0.0652. The van der Waals surface area contributed by atoms with E-state index in [4.69, 9.17) is 0 Å². The van der Waals surface area contributed by atoms with Crippen LogP contribution in [0.3, 0.4) is 0 Å². The summed E-state index contributed by atoms with van der Waals surface area (Å²) in [6.07, 6.45) is 2.77. The van der Waals surface area contributed by atoms with E-state index < -0.39 is 0 Å². The van der Waals surface area contributed by atoms with Gasteiger partial charge in [-0.05, 0) is 25.5 Å². The number of hydrogen-bond donors (Lipinski definition) is 1. The number of benzene rings is 1. The lowest BCUT2D eigenvalue weighted by atomic mass is 10.1. The number of fused-ring (bicyclic) bond motifs is 1. The molecule has 6 heteroatoms. The van der Waals surface area contributed by atoms with E-state index in [1.165, 1.54) is 11.2 Å². The average molecular weight is 270 g/mol. The molecule has 2 aromatic rings. The first kappa shape index (κ1) is 12.5. The molecule has 0 bridgehead atoms. The molecule has 0 fully saturated rings. The van der Waals surface area contributed by atoms with Crippen molar-refractivity contribution in [2.45, 2.75) is 19.8 Å². The molecular formula is C14H14N4O2. The fourth-order valence-corrected chi connectivity index (χ4v) is 2.36. The zero-order valence-corrected chi connectivity index (χ0v) is 11.1. The van der Waals surface area contributed by atoms with Gasteiger partial charge in [-0.15, -0.1) is 0 Å². The summed E-state index contributed by atoms with van der Waals surface area (Å²) in [7, 11) is 0. The fraction of sp³-hybridized carbons (Fsp3) is 0.286. The van der Waals surface area contributed by atoms with Crippen LogP contribution in [0.25, 0.3) is 0 Å². The van der Waals surface area contributed by atoms with Gasteiger partial charge in [0.1, 0.15) is 12.2 Å². The van der Waals surface area contributed by atoms with Gasteiger partial charge in [-0.2, -0.15) is 5.10 Å². The molecule has 3 rings (SSSR count). The van der Waals surface area contributed by atoms with Gasteiger partial charge in [0, 0.05) is 13.0 Å². The third kappa shape index (κ3) is 2.09. The smallest absolute Gasteiger partial charge is 0.261 e. The van der Waals surface area contributed by atoms with Crippen molar-refractivity contribution in [2.75, 3.05) is 6.54 Å². The zero-order chi connectivity index (χ0) is 14.1. The molecule has 0 radical (unpaired) electrons. The molecule has 1 aliphatic heterocycles. The van der Waals surface area contributed by atoms with Crippen molar-refractivity contribution in [3.8, 4) is 0 Å². The van der Waals surface area contributed by atoms with E-state index in [1.807, 2.05) is 13.0 Å². The number of nitrogens with zero attached hydrogens (tertiary/aromatic N) is 3. The van der Waals surface area contributed by atoms with Crippen molar-refractivity contribution < 1.29 is 9.59 Å². The lowest BCUT2D eigenvalue weighted by Crippen LogP contribution is -2.31. The maximum Gasteiger partial charge on any atom is 0.261 e. The predicted molar refractivity (Wildman–Crippen MR) is 71.2 cm³/mol. The fourth-order valence-electron chi connectivity index (χ4n) is 2.36. The number of aromatic amines is 1. The molecule has 2 amide bonds. The van der Waals surface area contributed by atoms with Crippen LogP contribution in [-0.4, -0.2) is 38.4 Å². The number of imide groups is 1. The Morgan fingerprint density at radius 1 is 1.20 bits per heavy atom. The number of rotatable bonds is 4. The Morgan fingerprint density at radius 3 is 2.75 bits per heavy atom. The number of carbonyl (C=O) groups excluding carboxylic acids is 2. The molecule has 0 aliphatic carbocycles. The number of hydrogen-bond acceptors (Lipinski definition) is 4. The molecule has 0 saturated heterocycles. The third-order valence-corrected chi connectivity index (χ3v) is 3.39. The van der Waals surface area contributed by atoms with E-state index >= 15 is 0 Å². The van der Waals surface area contributed by atoms with E-state index in [2.05, 4.69) is 15.2 Å². The molecule has 1 aromatic carbocycles. The summed E-state index contributed by atoms with van der Waals surface area (Å²) in [5.41, 5.74) is 1.99. The summed E-state index contributed by atoms with van der Waals surface area (Å²) in [4.78, 5) is 29.7. The van der Waals surface area contributed by atoms with Crippen molar-refractivity contribution in [3.63, 3.8) is 0 Å². The average Bonchev–Trinajstić information content (AvgIpc) is 3.02. The third-order valence-electron chi connectivity index (χ3n) is 3.39. The molecule has 0 unspecified atom stereocenters. The number of amides is 2. The molecule has 2 heterocycles. The highest BCUT2D eigenvalue weighted by Crippen LogP contribution is 2.24. The van der Waals surface area contributed by atoms with Crippen LogP contribution in [0, 0.1) is 6.92 Å². The van der Waals surface area contributed by atoms with Gasteiger partial charge in [0.05, 0.1) is 11.1 Å². The molecule has 20 heavy (non-hydrogen) atoms. The predicted octanol–water partition coefficient (Wildman–Crippen LogP) is 1.34. The van der Waals surface area contributed by atoms with Gasteiger partial charge in [-0.25, -0.2) is 4.98 Å². The molecule has 0 saturated carbocycles. The largest absolute Gasteiger partial charge is 0.274 e. The minimum Gasteiger partial charge on any atom is -0.274 e. The molecule has 102 valence electrons. The highest BCUT2D eigenvalue weighted by molar-refractivity contribution is 6.21. The Morgan fingerprint density at radius 2 is 2.00 bits per heavy atom. The lowest BCUT2D eigenvalue weighted by Gasteiger charge is -2.12. The first-order valence-corrected chi connectivity index (χ1v) is 6.48. The quantitative estimate of drug-likeness (QED) is 0.850. The molecule has 0 atom stereocenters. The van der Waals surface area contributed by atoms with Gasteiger partial charge in [0.15, 0.2) is 0 Å². The van der Waals surface area contributed by atoms with Gasteiger partial charge >= 0.3 is 0 Å². The Hall–Kier alpha value is -2.50. The normalized spacial score (nSPS) is 13.9. The first-order valence-electron chi connectivity index (χ1n) is 6.48. The number of nitrogens with one attached hydrogen (secondary N) is 1. The van der Waals surface area contributed by atoms with Gasteiger partial charge in [-0.1, -0.05) is 11.6 Å². The molecule has 1 N–H and O–H groups in total. The van der Waals surface area contributed by atoms with E-state index in [1.54, 1.807) is 12.1 Å². The second-order valence-electron chi connectivity index (χ2n) is 4.85. The summed E-state index contributed by atoms with van der Waals surface area (Å²) < 4.78 is 0. The van der Waals surface area contributed by atoms with Crippen molar-refractivity contribution in [2.24, 2.45) is 0 Å². The Labute approximate surface area is 115 Å². The van der Waals surface area contributed by atoms with Gasteiger partial charge in [0.2, 0.25) is 0 Å². The second-order valence-corrected chi connectivity index (χ2v) is 4.85. The zero-order valence-electron chi connectivity index (χ0n) is 11.1. The first-order chi connectivity index (χ1) is 9.66. The monoisotopic (exact) mass is 270 g/mol. The number of H-pyrrole nitrogens is 1. The van der Waals surface area contributed by atoms with Crippen LogP contribution in [0.4, 0.5) is 0 Å². The van der Waals surface area contributed by atoms with Crippen LogP contribution < -0.4 is 0 Å². The summed E-state index contributed by atoms with van der Waals surface area (Å²) >= 11 is 0. The molecule has 1 aliphatic rings. The van der Waals surface area contributed by atoms with Gasteiger partial charge < -0.3 is 0 Å². The SMILES string of the molecule is Cc1ccc2c(c1)C(=O)N(CCCc1ncn[nH]1)C2=O. The van der Waals surface area contributed by atoms with E-state index in [9.17, 15) is 9.59 Å². The van der Waals surface area contributed by atoms with Gasteiger partial charge in [-0.3, -0.25) is 19.6 Å². The van der Waals surface area contributed by atoms with Crippen LogP contribution in [0.5, 0.6) is 0 Å².